The Morgan fingerprint density at radius 2 is 2.14 bits per heavy atom. The normalized spacial score (nSPS) is 20.1. The zero-order valence-electron chi connectivity index (χ0n) is 12.1. The second-order valence-corrected chi connectivity index (χ2v) is 5.62. The number of nitrogen functional groups attached to an aromatic ring is 1. The van der Waals surface area contributed by atoms with Gasteiger partial charge < -0.3 is 11.1 Å². The molecule has 1 amide bonds. The molecule has 5 heteroatoms. The van der Waals surface area contributed by atoms with Gasteiger partial charge >= 0.3 is 0 Å². The molecule has 1 aliphatic rings. The van der Waals surface area contributed by atoms with Crippen molar-refractivity contribution in [3.8, 4) is 0 Å². The molecule has 2 unspecified atom stereocenters. The van der Waals surface area contributed by atoms with Gasteiger partial charge in [0.1, 0.15) is 5.82 Å². The minimum atomic E-state index is -0.00556. The van der Waals surface area contributed by atoms with E-state index in [1.807, 2.05) is 32.0 Å². The number of rotatable bonds is 3. The van der Waals surface area contributed by atoms with Crippen LogP contribution in [-0.4, -0.2) is 15.9 Å². The minimum absolute atomic E-state index is 0.00556. The number of anilines is 2. The summed E-state index contributed by atoms with van der Waals surface area (Å²) in [5, 5.41) is 2.91. The van der Waals surface area contributed by atoms with Gasteiger partial charge in [0.05, 0.1) is 0 Å². The zero-order chi connectivity index (χ0) is 15.0. The van der Waals surface area contributed by atoms with Gasteiger partial charge in [0.25, 0.3) is 0 Å². The van der Waals surface area contributed by atoms with Crippen molar-refractivity contribution >= 4 is 17.4 Å². The van der Waals surface area contributed by atoms with Gasteiger partial charge in [0.2, 0.25) is 5.91 Å². The van der Waals surface area contributed by atoms with Crippen molar-refractivity contribution in [2.45, 2.75) is 26.2 Å². The van der Waals surface area contributed by atoms with E-state index in [1.165, 1.54) is 5.56 Å². The fourth-order valence-corrected chi connectivity index (χ4v) is 2.58. The number of aromatic nitrogens is 2. The number of nitrogens with zero attached hydrogens (tertiary/aromatic N) is 2. The lowest BCUT2D eigenvalue weighted by molar-refractivity contribution is -0.117. The summed E-state index contributed by atoms with van der Waals surface area (Å²) in [6.45, 7) is 3.88. The Bertz CT molecular complexity index is 678. The lowest BCUT2D eigenvalue weighted by atomic mass is 10.1. The Kier molecular flexibility index (Phi) is 3.33. The number of nitrogens with one attached hydrogen (secondary N) is 1. The summed E-state index contributed by atoms with van der Waals surface area (Å²) in [6.07, 6.45) is 2.65. The standard InChI is InChI=1S/C16H18N4O/c1-9-3-4-18-14(5-9)12-8-13(12)16(21)20-11-6-10(2)19-15(17)7-11/h3-7,12-13H,8H2,1-2H3,(H3,17,19,20,21). The number of pyridine rings is 2. The first kappa shape index (κ1) is 13.5. The average molecular weight is 282 g/mol. The molecule has 0 aliphatic heterocycles. The van der Waals surface area contributed by atoms with Crippen molar-refractivity contribution in [2.24, 2.45) is 5.92 Å². The predicted octanol–water partition coefficient (Wildman–Crippen LogP) is 2.42. The topological polar surface area (TPSA) is 80.9 Å². The number of amides is 1. The van der Waals surface area contributed by atoms with Crippen LogP contribution < -0.4 is 11.1 Å². The molecule has 108 valence electrons. The van der Waals surface area contributed by atoms with Gasteiger partial charge in [-0.1, -0.05) is 0 Å². The van der Waals surface area contributed by atoms with E-state index in [0.29, 0.717) is 11.5 Å². The number of aryl methyl sites for hydroxylation is 2. The number of hydrogen-bond donors (Lipinski definition) is 2. The zero-order valence-corrected chi connectivity index (χ0v) is 12.1. The van der Waals surface area contributed by atoms with Gasteiger partial charge in [-0.25, -0.2) is 4.98 Å². The average Bonchev–Trinajstić information content (AvgIpc) is 3.17. The molecule has 0 radical (unpaired) electrons. The van der Waals surface area contributed by atoms with Gasteiger partial charge in [-0.05, 0) is 44.0 Å². The van der Waals surface area contributed by atoms with Crippen LogP contribution in [0.1, 0.15) is 29.3 Å². The highest BCUT2D eigenvalue weighted by Gasteiger charge is 2.44. The van der Waals surface area contributed by atoms with Gasteiger partial charge in [-0.3, -0.25) is 9.78 Å². The quantitative estimate of drug-likeness (QED) is 0.906. The van der Waals surface area contributed by atoms with Crippen molar-refractivity contribution in [1.82, 2.24) is 9.97 Å². The van der Waals surface area contributed by atoms with E-state index >= 15 is 0 Å². The minimum Gasteiger partial charge on any atom is -0.384 e. The lowest BCUT2D eigenvalue weighted by Crippen LogP contribution is -2.15. The Morgan fingerprint density at radius 3 is 2.86 bits per heavy atom. The van der Waals surface area contributed by atoms with E-state index in [9.17, 15) is 4.79 Å². The maximum Gasteiger partial charge on any atom is 0.228 e. The first-order valence-corrected chi connectivity index (χ1v) is 7.00. The molecular weight excluding hydrogens is 264 g/mol. The van der Waals surface area contributed by atoms with Gasteiger partial charge in [0, 0.05) is 41.2 Å². The number of carbonyl (C=O) groups excluding carboxylic acids is 1. The summed E-state index contributed by atoms with van der Waals surface area (Å²) in [4.78, 5) is 20.7. The van der Waals surface area contributed by atoms with Crippen LogP contribution in [-0.2, 0) is 4.79 Å². The molecule has 3 N–H and O–H groups in total. The number of nitrogens with two attached hydrogens (primary N) is 1. The molecule has 21 heavy (non-hydrogen) atoms. The molecule has 2 aromatic heterocycles. The van der Waals surface area contributed by atoms with Gasteiger partial charge in [-0.15, -0.1) is 0 Å². The Hall–Kier alpha value is -2.43. The molecule has 0 aromatic carbocycles. The van der Waals surface area contributed by atoms with Crippen LogP contribution in [0.3, 0.4) is 0 Å². The van der Waals surface area contributed by atoms with Crippen LogP contribution in [0.5, 0.6) is 0 Å². The monoisotopic (exact) mass is 282 g/mol. The van der Waals surface area contributed by atoms with E-state index in [2.05, 4.69) is 15.3 Å². The predicted molar refractivity (Wildman–Crippen MR) is 81.8 cm³/mol. The van der Waals surface area contributed by atoms with Gasteiger partial charge in [-0.2, -0.15) is 0 Å². The highest BCUT2D eigenvalue weighted by atomic mass is 16.2. The fourth-order valence-electron chi connectivity index (χ4n) is 2.58. The third kappa shape index (κ3) is 3.02. The third-order valence-corrected chi connectivity index (χ3v) is 3.68. The molecule has 2 atom stereocenters. The molecule has 0 bridgehead atoms. The van der Waals surface area contributed by atoms with Crippen LogP contribution >= 0.6 is 0 Å². The van der Waals surface area contributed by atoms with E-state index in [-0.39, 0.29) is 17.7 Å². The first-order valence-electron chi connectivity index (χ1n) is 7.00. The summed E-state index contributed by atoms with van der Waals surface area (Å²) < 4.78 is 0. The molecule has 1 saturated carbocycles. The maximum absolute atomic E-state index is 12.3. The summed E-state index contributed by atoms with van der Waals surface area (Å²) in [5.41, 5.74) is 9.35. The van der Waals surface area contributed by atoms with Gasteiger partial charge in [0.15, 0.2) is 0 Å². The summed E-state index contributed by atoms with van der Waals surface area (Å²) >= 11 is 0. The lowest BCUT2D eigenvalue weighted by Gasteiger charge is -2.07. The molecule has 0 spiro atoms. The molecule has 2 aromatic rings. The van der Waals surface area contributed by atoms with E-state index < -0.39 is 0 Å². The van der Waals surface area contributed by atoms with Crippen molar-refractivity contribution in [2.75, 3.05) is 11.1 Å². The maximum atomic E-state index is 12.3. The van der Waals surface area contributed by atoms with Crippen molar-refractivity contribution in [3.05, 3.63) is 47.4 Å². The molecule has 1 aliphatic carbocycles. The van der Waals surface area contributed by atoms with Crippen molar-refractivity contribution in [1.29, 1.82) is 0 Å². The molecule has 5 nitrogen and oxygen atoms in total. The van der Waals surface area contributed by atoms with Crippen LogP contribution in [0.4, 0.5) is 11.5 Å². The van der Waals surface area contributed by atoms with Crippen molar-refractivity contribution < 1.29 is 4.79 Å². The molecule has 0 saturated heterocycles. The molecule has 1 fully saturated rings. The highest BCUT2D eigenvalue weighted by Crippen LogP contribution is 2.47. The third-order valence-electron chi connectivity index (χ3n) is 3.68. The van der Waals surface area contributed by atoms with Crippen LogP contribution in [0, 0.1) is 19.8 Å². The van der Waals surface area contributed by atoms with Crippen LogP contribution in [0.2, 0.25) is 0 Å². The summed E-state index contributed by atoms with van der Waals surface area (Å²) in [5.74, 6) is 0.658. The highest BCUT2D eigenvalue weighted by molar-refractivity contribution is 5.95. The Labute approximate surface area is 123 Å². The molecule has 3 rings (SSSR count). The van der Waals surface area contributed by atoms with Crippen LogP contribution in [0.25, 0.3) is 0 Å². The van der Waals surface area contributed by atoms with Crippen molar-refractivity contribution in [3.63, 3.8) is 0 Å². The first-order chi connectivity index (χ1) is 10.0. The summed E-state index contributed by atoms with van der Waals surface area (Å²) in [7, 11) is 0. The Balaban J connectivity index is 1.68. The smallest absolute Gasteiger partial charge is 0.228 e. The summed E-state index contributed by atoms with van der Waals surface area (Å²) in [6, 6.07) is 7.50. The second kappa shape index (κ2) is 5.16. The van der Waals surface area contributed by atoms with E-state index in [0.717, 1.165) is 17.8 Å². The number of carbonyl (C=O) groups is 1. The number of hydrogen-bond acceptors (Lipinski definition) is 4. The van der Waals surface area contributed by atoms with Crippen LogP contribution in [0.15, 0.2) is 30.5 Å². The largest absolute Gasteiger partial charge is 0.384 e. The second-order valence-electron chi connectivity index (χ2n) is 5.62. The Morgan fingerprint density at radius 1 is 1.33 bits per heavy atom. The van der Waals surface area contributed by atoms with E-state index in [1.54, 1.807) is 12.3 Å². The molecular formula is C16H18N4O. The molecule has 2 heterocycles. The SMILES string of the molecule is Cc1ccnc(C2CC2C(=O)Nc2cc(C)nc(N)c2)c1. The van der Waals surface area contributed by atoms with E-state index in [4.69, 9.17) is 5.73 Å². The fraction of sp³-hybridized carbons (Fsp3) is 0.312.